The van der Waals surface area contributed by atoms with Crippen molar-refractivity contribution in [3.8, 4) is 16.2 Å². The van der Waals surface area contributed by atoms with Crippen molar-refractivity contribution in [3.05, 3.63) is 50.6 Å². The Bertz CT molecular complexity index is 1520. The Kier molecular flexibility index (Phi) is 6.68. The lowest BCUT2D eigenvalue weighted by atomic mass is 9.75. The zero-order valence-corrected chi connectivity index (χ0v) is 24.7. The van der Waals surface area contributed by atoms with Gasteiger partial charge in [-0.2, -0.15) is 0 Å². The molecular formula is C29H35NO6SSi. The first kappa shape index (κ1) is 26.8. The van der Waals surface area contributed by atoms with Gasteiger partial charge in [-0.1, -0.05) is 20.8 Å². The van der Waals surface area contributed by atoms with Crippen LogP contribution in [-0.2, 0) is 10.8 Å². The van der Waals surface area contributed by atoms with E-state index in [1.165, 1.54) is 6.20 Å². The monoisotopic (exact) mass is 553 g/mol. The molecule has 0 radical (unpaired) electrons. The van der Waals surface area contributed by atoms with Crippen LogP contribution in [0.2, 0.25) is 18.6 Å². The molecule has 2 heterocycles. The average molecular weight is 554 g/mol. The SMILES string of the molecule is COc1c(-c2cc3c(s2)CCC(C)(CO[Si](C)(C)C(C)C)C3=O)ccc2c(=O)c(C(=O)O)cn(C3CC3)c12. The number of ether oxygens (including phenoxy) is 1. The Balaban J connectivity index is 1.57. The first-order valence-corrected chi connectivity index (χ1v) is 17.0. The van der Waals surface area contributed by atoms with Gasteiger partial charge in [0.2, 0.25) is 5.43 Å². The van der Waals surface area contributed by atoms with Crippen LogP contribution in [0.1, 0.15) is 71.7 Å². The molecule has 1 unspecified atom stereocenters. The molecule has 0 amide bonds. The number of aromatic nitrogens is 1. The topological polar surface area (TPSA) is 94.8 Å². The normalized spacial score (nSPS) is 19.7. The van der Waals surface area contributed by atoms with Crippen LogP contribution in [0.4, 0.5) is 0 Å². The van der Waals surface area contributed by atoms with Gasteiger partial charge in [0.15, 0.2) is 19.9 Å². The van der Waals surface area contributed by atoms with E-state index in [0.29, 0.717) is 28.8 Å². The van der Waals surface area contributed by atoms with Gasteiger partial charge in [0.1, 0.15) is 5.56 Å². The van der Waals surface area contributed by atoms with Gasteiger partial charge in [-0.3, -0.25) is 9.59 Å². The smallest absolute Gasteiger partial charge is 0.341 e. The average Bonchev–Trinajstić information content (AvgIpc) is 3.62. The molecule has 1 saturated carbocycles. The van der Waals surface area contributed by atoms with Gasteiger partial charge in [-0.05, 0) is 62.5 Å². The van der Waals surface area contributed by atoms with Crippen molar-refractivity contribution in [1.82, 2.24) is 4.57 Å². The van der Waals surface area contributed by atoms with Crippen LogP contribution in [0.25, 0.3) is 21.3 Å². The first-order chi connectivity index (χ1) is 17.9. The summed E-state index contributed by atoms with van der Waals surface area (Å²) in [6, 6.07) is 5.60. The van der Waals surface area contributed by atoms with Crippen molar-refractivity contribution < 1.29 is 23.9 Å². The van der Waals surface area contributed by atoms with Crippen molar-refractivity contribution in [2.45, 2.75) is 71.1 Å². The fraction of sp³-hybridized carbons (Fsp3) is 0.483. The van der Waals surface area contributed by atoms with Gasteiger partial charge >= 0.3 is 5.97 Å². The van der Waals surface area contributed by atoms with E-state index in [1.807, 2.05) is 23.6 Å². The molecule has 5 rings (SSSR count). The maximum absolute atomic E-state index is 13.7. The van der Waals surface area contributed by atoms with Crippen LogP contribution < -0.4 is 10.2 Å². The summed E-state index contributed by atoms with van der Waals surface area (Å²) < 4.78 is 14.2. The highest BCUT2D eigenvalue weighted by Crippen LogP contribution is 2.47. The predicted molar refractivity (Wildman–Crippen MR) is 153 cm³/mol. The lowest BCUT2D eigenvalue weighted by Gasteiger charge is -2.36. The van der Waals surface area contributed by atoms with Crippen molar-refractivity contribution in [2.75, 3.05) is 13.7 Å². The maximum atomic E-state index is 13.7. The van der Waals surface area contributed by atoms with Crippen molar-refractivity contribution in [3.63, 3.8) is 0 Å². The summed E-state index contributed by atoms with van der Waals surface area (Å²) in [6.07, 6.45) is 4.84. The molecule has 0 aliphatic heterocycles. The van der Waals surface area contributed by atoms with Crippen molar-refractivity contribution in [1.29, 1.82) is 0 Å². The lowest BCUT2D eigenvalue weighted by Crippen LogP contribution is -2.43. The number of fused-ring (bicyclic) bond motifs is 2. The van der Waals surface area contributed by atoms with Crippen LogP contribution in [0.15, 0.2) is 29.2 Å². The molecule has 1 N–H and O–H groups in total. The van der Waals surface area contributed by atoms with Gasteiger partial charge in [0.05, 0.1) is 23.4 Å². The molecule has 0 bridgehead atoms. The van der Waals surface area contributed by atoms with E-state index in [0.717, 1.165) is 46.6 Å². The van der Waals surface area contributed by atoms with E-state index >= 15 is 0 Å². The van der Waals surface area contributed by atoms with Gasteiger partial charge in [0.25, 0.3) is 0 Å². The molecule has 1 aromatic carbocycles. The summed E-state index contributed by atoms with van der Waals surface area (Å²) >= 11 is 1.59. The Morgan fingerprint density at radius 3 is 2.55 bits per heavy atom. The van der Waals surface area contributed by atoms with E-state index in [4.69, 9.17) is 9.16 Å². The van der Waals surface area contributed by atoms with E-state index in [9.17, 15) is 19.5 Å². The number of hydrogen-bond donors (Lipinski definition) is 1. The fourth-order valence-electron chi connectivity index (χ4n) is 5.03. The maximum Gasteiger partial charge on any atom is 0.341 e. The predicted octanol–water partition coefficient (Wildman–Crippen LogP) is 6.54. The quantitative estimate of drug-likeness (QED) is 0.318. The summed E-state index contributed by atoms with van der Waals surface area (Å²) in [7, 11) is -0.307. The molecule has 202 valence electrons. The number of benzene rings is 1. The molecular weight excluding hydrogens is 518 g/mol. The number of carboxylic acids is 1. The number of hydrogen-bond acceptors (Lipinski definition) is 6. The summed E-state index contributed by atoms with van der Waals surface area (Å²) in [6.45, 7) is 11.2. The second-order valence-electron chi connectivity index (χ2n) is 11.7. The van der Waals surface area contributed by atoms with Gasteiger partial charge < -0.3 is 18.8 Å². The number of carbonyl (C=O) groups excluding carboxylic acids is 1. The molecule has 2 aliphatic carbocycles. The molecule has 1 fully saturated rings. The number of carbonyl (C=O) groups is 2. The molecule has 7 nitrogen and oxygen atoms in total. The molecule has 1 atom stereocenters. The number of ketones is 1. The highest BCUT2D eigenvalue weighted by Gasteiger charge is 2.42. The van der Waals surface area contributed by atoms with E-state index in [2.05, 4.69) is 26.9 Å². The van der Waals surface area contributed by atoms with E-state index < -0.39 is 25.1 Å². The summed E-state index contributed by atoms with van der Waals surface area (Å²) in [5.74, 6) is -0.578. The molecule has 3 aromatic rings. The third-order valence-corrected chi connectivity index (χ3v) is 13.3. The fourth-order valence-corrected chi connectivity index (χ4v) is 7.23. The third kappa shape index (κ3) is 4.44. The molecule has 2 aromatic heterocycles. The Morgan fingerprint density at radius 1 is 1.24 bits per heavy atom. The minimum Gasteiger partial charge on any atom is -0.494 e. The first-order valence-electron chi connectivity index (χ1n) is 13.2. The Hall–Kier alpha value is -2.75. The molecule has 2 aliphatic rings. The van der Waals surface area contributed by atoms with Crippen LogP contribution in [-0.4, -0.2) is 43.5 Å². The second kappa shape index (κ2) is 9.46. The van der Waals surface area contributed by atoms with Crippen LogP contribution >= 0.6 is 11.3 Å². The summed E-state index contributed by atoms with van der Waals surface area (Å²) in [5.41, 5.74) is 1.31. The number of rotatable bonds is 8. The molecule has 0 saturated heterocycles. The zero-order valence-electron chi connectivity index (χ0n) is 22.8. The van der Waals surface area contributed by atoms with Crippen LogP contribution in [0.5, 0.6) is 5.75 Å². The second-order valence-corrected chi connectivity index (χ2v) is 17.5. The van der Waals surface area contributed by atoms with Crippen molar-refractivity contribution >= 4 is 42.3 Å². The van der Waals surface area contributed by atoms with Gasteiger partial charge in [0, 0.05) is 39.7 Å². The standard InChI is InChI=1S/C29H35NO6SSi/c1-16(2)38(5,6)36-15-29(3)12-11-22-20(27(29)32)13-23(37-22)18-9-10-19-24(26(18)35-4)30(17-7-8-17)14-21(25(19)31)28(33)34/h9-10,13-14,16-17H,7-8,11-12,15H2,1-6H3,(H,33,34). The van der Waals surface area contributed by atoms with Crippen LogP contribution in [0, 0.1) is 5.41 Å². The van der Waals surface area contributed by atoms with E-state index in [-0.39, 0.29) is 17.4 Å². The highest BCUT2D eigenvalue weighted by atomic mass is 32.1. The number of nitrogens with zero attached hydrogens (tertiary/aromatic N) is 1. The van der Waals surface area contributed by atoms with Gasteiger partial charge in [-0.15, -0.1) is 11.3 Å². The number of aromatic carboxylic acids is 1. The molecule has 38 heavy (non-hydrogen) atoms. The zero-order chi connectivity index (χ0) is 27.6. The third-order valence-electron chi connectivity index (χ3n) is 8.45. The van der Waals surface area contributed by atoms with Crippen LogP contribution in [0.3, 0.4) is 0 Å². The number of methoxy groups -OCH3 is 1. The molecule has 9 heteroatoms. The number of thiophene rings is 1. The minimum atomic E-state index is -1.88. The molecule has 0 spiro atoms. The van der Waals surface area contributed by atoms with E-state index in [1.54, 1.807) is 24.5 Å². The van der Waals surface area contributed by atoms with Crippen molar-refractivity contribution in [2.24, 2.45) is 5.41 Å². The Labute approximate surface area is 227 Å². The lowest BCUT2D eigenvalue weighted by molar-refractivity contribution is 0.0661. The summed E-state index contributed by atoms with van der Waals surface area (Å²) in [5, 5.41) is 9.93. The minimum absolute atomic E-state index is 0.121. The summed E-state index contributed by atoms with van der Waals surface area (Å²) in [4.78, 5) is 40.5. The number of carboxylic acid groups (broad SMARTS) is 1. The number of Topliss-reactive ketones (excluding diaryl/α,β-unsaturated/α-hetero) is 1. The number of aryl methyl sites for hydroxylation is 1. The van der Waals surface area contributed by atoms with Gasteiger partial charge in [-0.25, -0.2) is 4.79 Å². The highest BCUT2D eigenvalue weighted by molar-refractivity contribution is 7.16. The Morgan fingerprint density at radius 2 is 1.95 bits per heavy atom. The number of pyridine rings is 1. The largest absolute Gasteiger partial charge is 0.494 e.